The smallest absolute Gasteiger partial charge is 0.0595 e. The van der Waals surface area contributed by atoms with Crippen LogP contribution in [0, 0.1) is 5.41 Å². The van der Waals surface area contributed by atoms with Crippen molar-refractivity contribution < 1.29 is 0 Å². The number of hydrogen-bond donors (Lipinski definition) is 1. The third kappa shape index (κ3) is 2.98. The molecule has 2 aliphatic carbocycles. The SMILES string of the molecule is CCC1(CC)CC(CNC2CC2)(c2ccc(Cl)c(Cl)c2)C1. The minimum Gasteiger partial charge on any atom is -0.313 e. The molecule has 0 heterocycles. The Bertz CT molecular complexity index is 510. The van der Waals surface area contributed by atoms with Gasteiger partial charge in [-0.15, -0.1) is 0 Å². The van der Waals surface area contributed by atoms with E-state index in [2.05, 4.69) is 31.3 Å². The molecule has 1 N–H and O–H groups in total. The highest BCUT2D eigenvalue weighted by Crippen LogP contribution is 2.59. The lowest BCUT2D eigenvalue weighted by Gasteiger charge is -2.57. The molecule has 21 heavy (non-hydrogen) atoms. The average Bonchev–Trinajstić information content (AvgIpc) is 3.26. The van der Waals surface area contributed by atoms with Crippen molar-refractivity contribution in [3.63, 3.8) is 0 Å². The molecule has 0 radical (unpaired) electrons. The Balaban J connectivity index is 1.83. The molecule has 1 nitrogen and oxygen atoms in total. The van der Waals surface area contributed by atoms with Crippen LogP contribution in [0.1, 0.15) is 57.9 Å². The van der Waals surface area contributed by atoms with Crippen LogP contribution in [-0.4, -0.2) is 12.6 Å². The summed E-state index contributed by atoms with van der Waals surface area (Å²) in [4.78, 5) is 0. The Labute approximate surface area is 138 Å². The first-order valence-corrected chi connectivity index (χ1v) is 8.97. The second kappa shape index (κ2) is 5.76. The zero-order valence-electron chi connectivity index (χ0n) is 13.0. The molecule has 2 aliphatic rings. The predicted octanol–water partition coefficient (Wildman–Crippen LogP) is 5.58. The second-order valence-electron chi connectivity index (χ2n) is 7.13. The minimum absolute atomic E-state index is 0.253. The molecule has 0 unspecified atom stereocenters. The van der Waals surface area contributed by atoms with E-state index in [9.17, 15) is 0 Å². The third-order valence-corrected chi connectivity index (χ3v) is 6.50. The largest absolute Gasteiger partial charge is 0.313 e. The molecule has 3 heteroatoms. The lowest BCUT2D eigenvalue weighted by molar-refractivity contribution is 0.0127. The van der Waals surface area contributed by atoms with Gasteiger partial charge in [-0.25, -0.2) is 0 Å². The van der Waals surface area contributed by atoms with Crippen molar-refractivity contribution in [2.45, 2.75) is 63.8 Å². The van der Waals surface area contributed by atoms with Gasteiger partial charge in [-0.1, -0.05) is 56.0 Å². The highest BCUT2D eigenvalue weighted by atomic mass is 35.5. The van der Waals surface area contributed by atoms with Gasteiger partial charge in [-0.3, -0.25) is 0 Å². The Kier molecular flexibility index (Phi) is 4.29. The van der Waals surface area contributed by atoms with Crippen LogP contribution in [0.4, 0.5) is 0 Å². The summed E-state index contributed by atoms with van der Waals surface area (Å²) in [6.07, 6.45) is 7.76. The second-order valence-corrected chi connectivity index (χ2v) is 7.94. The third-order valence-electron chi connectivity index (χ3n) is 5.77. The van der Waals surface area contributed by atoms with Crippen molar-refractivity contribution in [2.75, 3.05) is 6.54 Å². The van der Waals surface area contributed by atoms with Crippen LogP contribution in [0.3, 0.4) is 0 Å². The summed E-state index contributed by atoms with van der Waals surface area (Å²) in [6, 6.07) is 6.98. The molecule has 0 spiro atoms. The molecular weight excluding hydrogens is 301 g/mol. The number of halogens is 2. The van der Waals surface area contributed by atoms with Crippen molar-refractivity contribution in [3.05, 3.63) is 33.8 Å². The summed E-state index contributed by atoms with van der Waals surface area (Å²) < 4.78 is 0. The lowest BCUT2D eigenvalue weighted by atomic mass is 9.48. The zero-order chi connectivity index (χ0) is 15.1. The quantitative estimate of drug-likeness (QED) is 0.719. The monoisotopic (exact) mass is 325 g/mol. The average molecular weight is 326 g/mol. The van der Waals surface area contributed by atoms with Gasteiger partial charge in [-0.05, 0) is 48.8 Å². The Hall–Kier alpha value is -0.240. The number of hydrogen-bond acceptors (Lipinski definition) is 1. The lowest BCUT2D eigenvalue weighted by Crippen LogP contribution is -2.54. The highest BCUT2D eigenvalue weighted by molar-refractivity contribution is 6.42. The summed E-state index contributed by atoms with van der Waals surface area (Å²) in [5, 5.41) is 5.08. The van der Waals surface area contributed by atoms with Crippen molar-refractivity contribution >= 4 is 23.2 Å². The first kappa shape index (κ1) is 15.6. The van der Waals surface area contributed by atoms with Crippen LogP contribution >= 0.6 is 23.2 Å². The van der Waals surface area contributed by atoms with Crippen molar-refractivity contribution in [2.24, 2.45) is 5.41 Å². The molecule has 0 saturated heterocycles. The first-order chi connectivity index (χ1) is 10.0. The molecule has 0 amide bonds. The van der Waals surface area contributed by atoms with Crippen LogP contribution in [-0.2, 0) is 5.41 Å². The molecular formula is C18H25Cl2N. The van der Waals surface area contributed by atoms with E-state index in [4.69, 9.17) is 23.2 Å². The fraction of sp³-hybridized carbons (Fsp3) is 0.667. The van der Waals surface area contributed by atoms with E-state index in [0.29, 0.717) is 15.5 Å². The summed E-state index contributed by atoms with van der Waals surface area (Å²) in [5.41, 5.74) is 2.14. The van der Waals surface area contributed by atoms with E-state index in [0.717, 1.165) is 12.6 Å². The predicted molar refractivity (Wildman–Crippen MR) is 91.4 cm³/mol. The van der Waals surface area contributed by atoms with E-state index in [-0.39, 0.29) is 5.41 Å². The Morgan fingerprint density at radius 2 is 1.76 bits per heavy atom. The van der Waals surface area contributed by atoms with Gasteiger partial charge < -0.3 is 5.32 Å². The van der Waals surface area contributed by atoms with E-state index in [1.54, 1.807) is 0 Å². The number of benzene rings is 1. The van der Waals surface area contributed by atoms with Crippen molar-refractivity contribution in [1.82, 2.24) is 5.32 Å². The highest BCUT2D eigenvalue weighted by Gasteiger charge is 2.53. The van der Waals surface area contributed by atoms with Crippen molar-refractivity contribution in [3.8, 4) is 0 Å². The standard InChI is InChI=1S/C18H25Cl2N/c1-3-17(4-2)10-18(11-17,12-21-14-6-7-14)13-5-8-15(19)16(20)9-13/h5,8-9,14,21H,3-4,6-7,10-12H2,1-2H3. The van der Waals surface area contributed by atoms with Crippen LogP contribution < -0.4 is 5.32 Å². The van der Waals surface area contributed by atoms with E-state index in [1.807, 2.05) is 6.07 Å². The summed E-state index contributed by atoms with van der Waals surface area (Å²) >= 11 is 12.4. The van der Waals surface area contributed by atoms with Gasteiger partial charge in [0.2, 0.25) is 0 Å². The van der Waals surface area contributed by atoms with E-state index < -0.39 is 0 Å². The van der Waals surface area contributed by atoms with Gasteiger partial charge in [0.25, 0.3) is 0 Å². The van der Waals surface area contributed by atoms with Gasteiger partial charge in [0.05, 0.1) is 10.0 Å². The number of rotatable bonds is 6. The topological polar surface area (TPSA) is 12.0 Å². The molecule has 2 fully saturated rings. The van der Waals surface area contributed by atoms with Crippen LogP contribution in [0.15, 0.2) is 18.2 Å². The van der Waals surface area contributed by atoms with Crippen LogP contribution in [0.25, 0.3) is 0 Å². The molecule has 116 valence electrons. The summed E-state index contributed by atoms with van der Waals surface area (Å²) in [7, 11) is 0. The maximum absolute atomic E-state index is 6.26. The van der Waals surface area contributed by atoms with Gasteiger partial charge in [0.1, 0.15) is 0 Å². The summed E-state index contributed by atoms with van der Waals surface area (Å²) in [5.74, 6) is 0. The first-order valence-electron chi connectivity index (χ1n) is 8.21. The Morgan fingerprint density at radius 3 is 2.29 bits per heavy atom. The fourth-order valence-electron chi connectivity index (χ4n) is 4.02. The maximum atomic E-state index is 6.26. The van der Waals surface area contributed by atoms with E-state index in [1.165, 1.54) is 44.1 Å². The van der Waals surface area contributed by atoms with Crippen LogP contribution in [0.5, 0.6) is 0 Å². The molecule has 0 atom stereocenters. The zero-order valence-corrected chi connectivity index (χ0v) is 14.5. The molecule has 0 aliphatic heterocycles. The van der Waals surface area contributed by atoms with Crippen LogP contribution in [0.2, 0.25) is 10.0 Å². The molecule has 3 rings (SSSR count). The van der Waals surface area contributed by atoms with E-state index >= 15 is 0 Å². The normalized spacial score (nSPS) is 22.9. The summed E-state index contributed by atoms with van der Waals surface area (Å²) in [6.45, 7) is 5.74. The fourth-order valence-corrected chi connectivity index (χ4v) is 4.32. The minimum atomic E-state index is 0.253. The molecule has 0 aromatic heterocycles. The molecule has 1 aromatic carbocycles. The molecule has 1 aromatic rings. The number of nitrogens with one attached hydrogen (secondary N) is 1. The van der Waals surface area contributed by atoms with Gasteiger partial charge in [0, 0.05) is 18.0 Å². The molecule has 0 bridgehead atoms. The maximum Gasteiger partial charge on any atom is 0.0595 e. The Morgan fingerprint density at radius 1 is 1.10 bits per heavy atom. The van der Waals surface area contributed by atoms with Crippen molar-refractivity contribution in [1.29, 1.82) is 0 Å². The van der Waals surface area contributed by atoms with Gasteiger partial charge >= 0.3 is 0 Å². The van der Waals surface area contributed by atoms with Gasteiger partial charge in [0.15, 0.2) is 0 Å². The molecule has 2 saturated carbocycles. The van der Waals surface area contributed by atoms with Gasteiger partial charge in [-0.2, -0.15) is 0 Å².